The number of hydrogen-bond acceptors (Lipinski definition) is 2. The van der Waals surface area contributed by atoms with Gasteiger partial charge in [-0.3, -0.25) is 0 Å². The van der Waals surface area contributed by atoms with E-state index in [0.717, 1.165) is 17.8 Å². The van der Waals surface area contributed by atoms with Crippen LogP contribution in [0.4, 0.5) is 5.69 Å². The number of fused-ring (bicyclic) bond motifs is 2. The van der Waals surface area contributed by atoms with Gasteiger partial charge in [0, 0.05) is 26.9 Å². The summed E-state index contributed by atoms with van der Waals surface area (Å²) in [5.41, 5.74) is 2.81. The zero-order valence-electron chi connectivity index (χ0n) is 11.6. The number of ether oxygens (including phenoxy) is 1. The first-order chi connectivity index (χ1) is 8.70. The molecule has 2 bridgehead atoms. The molecule has 1 aromatic carbocycles. The lowest BCUT2D eigenvalue weighted by Crippen LogP contribution is -2.19. The SMILES string of the molecule is CO[C@@H]1CC2CCC1[C@H]2c1ccc(N(C)C)cc1. The summed E-state index contributed by atoms with van der Waals surface area (Å²) < 4.78 is 5.65. The second-order valence-electron chi connectivity index (χ2n) is 6.02. The van der Waals surface area contributed by atoms with Crippen LogP contribution in [0.15, 0.2) is 24.3 Å². The van der Waals surface area contributed by atoms with Crippen molar-refractivity contribution < 1.29 is 4.74 Å². The van der Waals surface area contributed by atoms with Crippen molar-refractivity contribution in [1.82, 2.24) is 0 Å². The minimum absolute atomic E-state index is 0.502. The molecule has 2 unspecified atom stereocenters. The van der Waals surface area contributed by atoms with Crippen molar-refractivity contribution in [3.8, 4) is 0 Å². The minimum Gasteiger partial charge on any atom is -0.381 e. The molecule has 2 saturated carbocycles. The molecular formula is C16H23NO. The summed E-state index contributed by atoms with van der Waals surface area (Å²) in [5, 5.41) is 0. The van der Waals surface area contributed by atoms with Crippen LogP contribution in [-0.4, -0.2) is 27.3 Å². The Labute approximate surface area is 110 Å². The summed E-state index contributed by atoms with van der Waals surface area (Å²) in [4.78, 5) is 2.16. The maximum Gasteiger partial charge on any atom is 0.0608 e. The van der Waals surface area contributed by atoms with Crippen molar-refractivity contribution in [3.05, 3.63) is 29.8 Å². The van der Waals surface area contributed by atoms with Crippen molar-refractivity contribution in [2.75, 3.05) is 26.1 Å². The van der Waals surface area contributed by atoms with Crippen LogP contribution in [0.25, 0.3) is 0 Å². The first-order valence-electron chi connectivity index (χ1n) is 7.01. The highest BCUT2D eigenvalue weighted by Crippen LogP contribution is 2.55. The molecular weight excluding hydrogens is 222 g/mol. The third kappa shape index (κ3) is 1.83. The Hall–Kier alpha value is -1.02. The van der Waals surface area contributed by atoms with Gasteiger partial charge in [0.2, 0.25) is 0 Å². The predicted molar refractivity (Wildman–Crippen MR) is 75.1 cm³/mol. The zero-order chi connectivity index (χ0) is 12.7. The average molecular weight is 245 g/mol. The Kier molecular flexibility index (Phi) is 3.06. The maximum absolute atomic E-state index is 5.65. The van der Waals surface area contributed by atoms with E-state index in [2.05, 4.69) is 43.3 Å². The van der Waals surface area contributed by atoms with Crippen LogP contribution >= 0.6 is 0 Å². The second kappa shape index (κ2) is 4.58. The highest BCUT2D eigenvalue weighted by Gasteiger charge is 2.48. The smallest absolute Gasteiger partial charge is 0.0608 e. The molecule has 0 saturated heterocycles. The van der Waals surface area contributed by atoms with Gasteiger partial charge in [-0.25, -0.2) is 0 Å². The maximum atomic E-state index is 5.65. The molecule has 1 aromatic rings. The van der Waals surface area contributed by atoms with Crippen molar-refractivity contribution >= 4 is 5.69 Å². The van der Waals surface area contributed by atoms with Crippen molar-refractivity contribution in [2.45, 2.75) is 31.3 Å². The van der Waals surface area contributed by atoms with Gasteiger partial charge in [0.05, 0.1) is 6.10 Å². The number of benzene rings is 1. The molecule has 2 nitrogen and oxygen atoms in total. The van der Waals surface area contributed by atoms with E-state index in [4.69, 9.17) is 4.74 Å². The molecule has 4 atom stereocenters. The Morgan fingerprint density at radius 2 is 1.83 bits per heavy atom. The minimum atomic E-state index is 0.502. The topological polar surface area (TPSA) is 12.5 Å². The molecule has 0 amide bonds. The summed E-state index contributed by atoms with van der Waals surface area (Å²) >= 11 is 0. The second-order valence-corrected chi connectivity index (χ2v) is 6.02. The van der Waals surface area contributed by atoms with E-state index >= 15 is 0 Å². The molecule has 0 spiro atoms. The molecule has 0 N–H and O–H groups in total. The van der Waals surface area contributed by atoms with Gasteiger partial charge in [-0.2, -0.15) is 0 Å². The van der Waals surface area contributed by atoms with Gasteiger partial charge in [0.25, 0.3) is 0 Å². The van der Waals surface area contributed by atoms with Gasteiger partial charge in [-0.1, -0.05) is 12.1 Å². The van der Waals surface area contributed by atoms with Crippen LogP contribution in [0.5, 0.6) is 0 Å². The fourth-order valence-electron chi connectivity index (χ4n) is 4.06. The molecule has 18 heavy (non-hydrogen) atoms. The van der Waals surface area contributed by atoms with Gasteiger partial charge >= 0.3 is 0 Å². The predicted octanol–water partition coefficient (Wildman–Crippen LogP) is 3.28. The summed E-state index contributed by atoms with van der Waals surface area (Å²) in [5.74, 6) is 2.35. The molecule has 2 aliphatic carbocycles. The summed E-state index contributed by atoms with van der Waals surface area (Å²) in [6.45, 7) is 0. The molecule has 0 aliphatic heterocycles. The number of methoxy groups -OCH3 is 1. The lowest BCUT2D eigenvalue weighted by molar-refractivity contribution is 0.0555. The van der Waals surface area contributed by atoms with E-state index in [1.54, 1.807) is 0 Å². The van der Waals surface area contributed by atoms with E-state index in [-0.39, 0.29) is 0 Å². The fraction of sp³-hybridized carbons (Fsp3) is 0.625. The van der Waals surface area contributed by atoms with Gasteiger partial charge < -0.3 is 9.64 Å². The Bertz CT molecular complexity index is 412. The van der Waals surface area contributed by atoms with Crippen LogP contribution < -0.4 is 4.90 Å². The van der Waals surface area contributed by atoms with Gasteiger partial charge in [-0.05, 0) is 54.7 Å². The number of anilines is 1. The monoisotopic (exact) mass is 245 g/mol. The summed E-state index contributed by atoms with van der Waals surface area (Å²) in [6, 6.07) is 9.14. The van der Waals surface area contributed by atoms with Gasteiger partial charge in [-0.15, -0.1) is 0 Å². The normalized spacial score (nSPS) is 33.9. The van der Waals surface area contributed by atoms with E-state index in [9.17, 15) is 0 Å². The van der Waals surface area contributed by atoms with Gasteiger partial charge in [0.15, 0.2) is 0 Å². The Morgan fingerprint density at radius 3 is 2.39 bits per heavy atom. The molecule has 0 heterocycles. The standard InChI is InChI=1S/C16H23NO/c1-17(2)13-7-4-11(5-8-13)16-12-6-9-14(16)15(10-12)18-3/h4-5,7-8,12,14-16H,6,9-10H2,1-3H3/t12?,14?,15-,16+/m1/s1. The van der Waals surface area contributed by atoms with Gasteiger partial charge in [0.1, 0.15) is 0 Å². The largest absolute Gasteiger partial charge is 0.381 e. The lowest BCUT2D eigenvalue weighted by Gasteiger charge is -2.21. The van der Waals surface area contributed by atoms with E-state index in [1.165, 1.54) is 30.5 Å². The van der Waals surface area contributed by atoms with Crippen molar-refractivity contribution in [1.29, 1.82) is 0 Å². The third-order valence-corrected chi connectivity index (χ3v) is 4.95. The first-order valence-corrected chi connectivity index (χ1v) is 7.01. The molecule has 2 aliphatic rings. The van der Waals surface area contributed by atoms with Crippen LogP contribution in [0.1, 0.15) is 30.7 Å². The zero-order valence-corrected chi connectivity index (χ0v) is 11.6. The Balaban J connectivity index is 1.83. The summed E-state index contributed by atoms with van der Waals surface area (Å²) in [6.07, 6.45) is 4.51. The number of hydrogen-bond donors (Lipinski definition) is 0. The van der Waals surface area contributed by atoms with E-state index in [1.807, 2.05) is 7.11 Å². The third-order valence-electron chi connectivity index (χ3n) is 4.95. The molecule has 98 valence electrons. The highest BCUT2D eigenvalue weighted by molar-refractivity contribution is 5.47. The van der Waals surface area contributed by atoms with Crippen LogP contribution in [0.3, 0.4) is 0 Å². The fourth-order valence-corrected chi connectivity index (χ4v) is 4.06. The molecule has 2 fully saturated rings. The quantitative estimate of drug-likeness (QED) is 0.810. The first kappa shape index (κ1) is 12.0. The van der Waals surface area contributed by atoms with E-state index in [0.29, 0.717) is 6.10 Å². The number of nitrogens with zero attached hydrogens (tertiary/aromatic N) is 1. The van der Waals surface area contributed by atoms with Crippen molar-refractivity contribution in [2.24, 2.45) is 11.8 Å². The highest BCUT2D eigenvalue weighted by atomic mass is 16.5. The average Bonchev–Trinajstić information content (AvgIpc) is 2.95. The molecule has 0 aromatic heterocycles. The van der Waals surface area contributed by atoms with Crippen molar-refractivity contribution in [3.63, 3.8) is 0 Å². The molecule has 3 rings (SSSR count). The molecule has 2 heteroatoms. The van der Waals surface area contributed by atoms with Crippen LogP contribution in [0, 0.1) is 11.8 Å². The lowest BCUT2D eigenvalue weighted by atomic mass is 9.89. The van der Waals surface area contributed by atoms with Crippen LogP contribution in [0.2, 0.25) is 0 Å². The van der Waals surface area contributed by atoms with E-state index < -0.39 is 0 Å². The number of rotatable bonds is 3. The Morgan fingerprint density at radius 1 is 1.11 bits per heavy atom. The molecule has 0 radical (unpaired) electrons. The summed E-state index contributed by atoms with van der Waals surface area (Å²) in [7, 11) is 6.06. The van der Waals surface area contributed by atoms with Crippen LogP contribution in [-0.2, 0) is 4.74 Å².